The minimum absolute atomic E-state index is 0.300. The summed E-state index contributed by atoms with van der Waals surface area (Å²) in [6.07, 6.45) is 2.13. The third kappa shape index (κ3) is 2.42. The Balaban J connectivity index is 2.42. The number of nitriles is 2. The van der Waals surface area contributed by atoms with Crippen molar-refractivity contribution in [2.45, 2.75) is 25.0 Å². The van der Waals surface area contributed by atoms with Crippen LogP contribution in [0.5, 0.6) is 0 Å². The maximum Gasteiger partial charge on any atom is 0.186 e. The molecule has 0 radical (unpaired) electrons. The van der Waals surface area contributed by atoms with E-state index < -0.39 is 6.04 Å². The summed E-state index contributed by atoms with van der Waals surface area (Å²) < 4.78 is 5.19. The van der Waals surface area contributed by atoms with Crippen molar-refractivity contribution in [1.82, 2.24) is 4.90 Å². The van der Waals surface area contributed by atoms with E-state index in [1.54, 1.807) is 7.11 Å². The predicted octanol–water partition coefficient (Wildman–Crippen LogP) is 0.513. The van der Waals surface area contributed by atoms with Gasteiger partial charge < -0.3 is 4.74 Å². The lowest BCUT2D eigenvalue weighted by Crippen LogP contribution is -2.41. The quantitative estimate of drug-likeness (QED) is 0.619. The Labute approximate surface area is 78.3 Å². The van der Waals surface area contributed by atoms with E-state index >= 15 is 0 Å². The molecule has 0 spiro atoms. The summed E-state index contributed by atoms with van der Waals surface area (Å²) in [5.41, 5.74) is 0. The monoisotopic (exact) mass is 179 g/mol. The molecule has 0 aromatic heterocycles. The summed E-state index contributed by atoms with van der Waals surface area (Å²) in [5.74, 6) is 0. The van der Waals surface area contributed by atoms with Crippen LogP contribution in [0.25, 0.3) is 0 Å². The molecule has 4 heteroatoms. The van der Waals surface area contributed by atoms with Crippen LogP contribution in [-0.4, -0.2) is 37.2 Å². The Bertz CT molecular complexity index is 218. The van der Waals surface area contributed by atoms with E-state index in [2.05, 4.69) is 0 Å². The first kappa shape index (κ1) is 9.98. The molecular weight excluding hydrogens is 166 g/mol. The molecule has 1 saturated heterocycles. The lowest BCUT2D eigenvalue weighted by atomic mass is 10.1. The Morgan fingerprint density at radius 1 is 1.31 bits per heavy atom. The molecule has 13 heavy (non-hydrogen) atoms. The van der Waals surface area contributed by atoms with Gasteiger partial charge in [-0.05, 0) is 12.8 Å². The third-order valence-corrected chi connectivity index (χ3v) is 2.42. The van der Waals surface area contributed by atoms with Crippen molar-refractivity contribution in [2.75, 3.05) is 20.2 Å². The zero-order chi connectivity index (χ0) is 9.68. The van der Waals surface area contributed by atoms with Crippen LogP contribution in [0, 0.1) is 22.7 Å². The second-order valence-corrected chi connectivity index (χ2v) is 3.13. The fraction of sp³-hybridized carbons (Fsp3) is 0.778. The van der Waals surface area contributed by atoms with Crippen molar-refractivity contribution in [3.05, 3.63) is 0 Å². The molecule has 1 fully saturated rings. The van der Waals surface area contributed by atoms with Gasteiger partial charge in [0.15, 0.2) is 6.04 Å². The maximum absolute atomic E-state index is 8.66. The first-order valence-corrected chi connectivity index (χ1v) is 4.38. The van der Waals surface area contributed by atoms with Crippen LogP contribution in [0.3, 0.4) is 0 Å². The standard InChI is InChI=1S/C9H13N3O/c1-13-9-2-4-12(5-3-9)8(6-10)7-11/h8-9H,2-5H2,1H3. The molecule has 0 amide bonds. The molecule has 0 aliphatic carbocycles. The molecule has 0 saturated carbocycles. The van der Waals surface area contributed by atoms with Crippen molar-refractivity contribution in [1.29, 1.82) is 10.5 Å². The van der Waals surface area contributed by atoms with Crippen molar-refractivity contribution in [3.8, 4) is 12.1 Å². The molecule has 1 aliphatic heterocycles. The molecule has 1 aliphatic rings. The summed E-state index contributed by atoms with van der Waals surface area (Å²) in [6, 6.07) is 3.37. The Hall–Kier alpha value is -1.10. The van der Waals surface area contributed by atoms with E-state index in [1.807, 2.05) is 17.0 Å². The number of rotatable bonds is 2. The zero-order valence-electron chi connectivity index (χ0n) is 7.73. The van der Waals surface area contributed by atoms with Crippen LogP contribution in [0.2, 0.25) is 0 Å². The Morgan fingerprint density at radius 3 is 2.23 bits per heavy atom. The number of hydrogen-bond donors (Lipinski definition) is 0. The van der Waals surface area contributed by atoms with E-state index in [0.717, 1.165) is 25.9 Å². The van der Waals surface area contributed by atoms with Crippen LogP contribution in [0.15, 0.2) is 0 Å². The first-order chi connectivity index (χ1) is 6.31. The van der Waals surface area contributed by atoms with Gasteiger partial charge in [0.2, 0.25) is 0 Å². The summed E-state index contributed by atoms with van der Waals surface area (Å²) in [7, 11) is 1.70. The molecule has 0 aromatic rings. The lowest BCUT2D eigenvalue weighted by molar-refractivity contribution is 0.0394. The van der Waals surface area contributed by atoms with Gasteiger partial charge in [-0.2, -0.15) is 10.5 Å². The normalized spacial score (nSPS) is 19.7. The van der Waals surface area contributed by atoms with E-state index in [1.165, 1.54) is 0 Å². The molecule has 4 nitrogen and oxygen atoms in total. The second kappa shape index (κ2) is 4.81. The predicted molar refractivity (Wildman–Crippen MR) is 46.6 cm³/mol. The summed E-state index contributed by atoms with van der Waals surface area (Å²) in [6.45, 7) is 1.56. The van der Waals surface area contributed by atoms with Crippen LogP contribution in [0.1, 0.15) is 12.8 Å². The van der Waals surface area contributed by atoms with E-state index in [4.69, 9.17) is 15.3 Å². The SMILES string of the molecule is COC1CCN(C(C#N)C#N)CC1. The summed E-state index contributed by atoms with van der Waals surface area (Å²) >= 11 is 0. The van der Waals surface area contributed by atoms with Gasteiger partial charge in [0.05, 0.1) is 18.2 Å². The van der Waals surface area contributed by atoms with Crippen LogP contribution in [0.4, 0.5) is 0 Å². The zero-order valence-corrected chi connectivity index (χ0v) is 7.73. The van der Waals surface area contributed by atoms with Crippen LogP contribution >= 0.6 is 0 Å². The van der Waals surface area contributed by atoms with Gasteiger partial charge in [0, 0.05) is 20.2 Å². The van der Waals surface area contributed by atoms with Gasteiger partial charge in [-0.15, -0.1) is 0 Å². The number of methoxy groups -OCH3 is 1. The van der Waals surface area contributed by atoms with E-state index in [0.29, 0.717) is 6.10 Å². The first-order valence-electron chi connectivity index (χ1n) is 4.38. The van der Waals surface area contributed by atoms with Crippen molar-refractivity contribution in [2.24, 2.45) is 0 Å². The van der Waals surface area contributed by atoms with Gasteiger partial charge in [-0.25, -0.2) is 0 Å². The number of piperidine rings is 1. The summed E-state index contributed by atoms with van der Waals surface area (Å²) in [5, 5.41) is 17.3. The Kier molecular flexibility index (Phi) is 3.70. The number of likely N-dealkylation sites (tertiary alicyclic amines) is 1. The smallest absolute Gasteiger partial charge is 0.186 e. The molecule has 0 bridgehead atoms. The topological polar surface area (TPSA) is 60.0 Å². The molecule has 1 rings (SSSR count). The summed E-state index contributed by atoms with van der Waals surface area (Å²) in [4.78, 5) is 1.90. The number of nitrogens with zero attached hydrogens (tertiary/aromatic N) is 3. The Morgan fingerprint density at radius 2 is 1.85 bits per heavy atom. The highest BCUT2D eigenvalue weighted by molar-refractivity contribution is 5.07. The molecule has 0 atom stereocenters. The highest BCUT2D eigenvalue weighted by Crippen LogP contribution is 2.14. The minimum atomic E-state index is -0.585. The highest BCUT2D eigenvalue weighted by atomic mass is 16.5. The van der Waals surface area contributed by atoms with Crippen molar-refractivity contribution < 1.29 is 4.74 Å². The largest absolute Gasteiger partial charge is 0.381 e. The average molecular weight is 179 g/mol. The van der Waals surface area contributed by atoms with Crippen LogP contribution in [-0.2, 0) is 4.74 Å². The maximum atomic E-state index is 8.66. The fourth-order valence-electron chi connectivity index (χ4n) is 1.56. The van der Waals surface area contributed by atoms with Crippen LogP contribution < -0.4 is 0 Å². The second-order valence-electron chi connectivity index (χ2n) is 3.13. The fourth-order valence-corrected chi connectivity index (χ4v) is 1.56. The molecule has 0 N–H and O–H groups in total. The van der Waals surface area contributed by atoms with E-state index in [-0.39, 0.29) is 0 Å². The number of ether oxygens (including phenoxy) is 1. The molecule has 1 heterocycles. The minimum Gasteiger partial charge on any atom is -0.381 e. The lowest BCUT2D eigenvalue weighted by Gasteiger charge is -2.31. The van der Waals surface area contributed by atoms with Gasteiger partial charge in [-0.3, -0.25) is 4.90 Å². The third-order valence-electron chi connectivity index (χ3n) is 2.42. The van der Waals surface area contributed by atoms with Gasteiger partial charge in [0.25, 0.3) is 0 Å². The molecule has 0 aromatic carbocycles. The van der Waals surface area contributed by atoms with Gasteiger partial charge in [-0.1, -0.05) is 0 Å². The van der Waals surface area contributed by atoms with Crippen molar-refractivity contribution >= 4 is 0 Å². The van der Waals surface area contributed by atoms with Gasteiger partial charge >= 0.3 is 0 Å². The average Bonchev–Trinajstić information content (AvgIpc) is 2.21. The molecular formula is C9H13N3O. The highest BCUT2D eigenvalue weighted by Gasteiger charge is 2.24. The van der Waals surface area contributed by atoms with E-state index in [9.17, 15) is 0 Å². The molecule has 0 unspecified atom stereocenters. The number of hydrogen-bond acceptors (Lipinski definition) is 4. The van der Waals surface area contributed by atoms with Crippen molar-refractivity contribution in [3.63, 3.8) is 0 Å². The van der Waals surface area contributed by atoms with Gasteiger partial charge in [0.1, 0.15) is 0 Å². The molecule has 70 valence electrons.